The van der Waals surface area contributed by atoms with Gasteiger partial charge in [-0.1, -0.05) is 44.2 Å². The molecular formula is C9H15NO2. The van der Waals surface area contributed by atoms with Crippen molar-refractivity contribution in [3.05, 3.63) is 35.9 Å². The summed E-state index contributed by atoms with van der Waals surface area (Å²) in [4.78, 5) is 0. The van der Waals surface area contributed by atoms with Gasteiger partial charge in [0, 0.05) is 5.56 Å². The highest BCUT2D eigenvalue weighted by Crippen LogP contribution is 2.09. The van der Waals surface area contributed by atoms with Crippen LogP contribution in [0.2, 0.25) is 0 Å². The fourth-order valence-corrected chi connectivity index (χ4v) is 0.683. The Bertz CT molecular complexity index is 204. The fourth-order valence-electron chi connectivity index (χ4n) is 0.683. The predicted octanol–water partition coefficient (Wildman–Crippen LogP) is 0.766. The van der Waals surface area contributed by atoms with Gasteiger partial charge < -0.3 is 10.2 Å². The van der Waals surface area contributed by atoms with Crippen LogP contribution in [0.5, 0.6) is 0 Å². The first-order valence-corrected chi connectivity index (χ1v) is 3.90. The van der Waals surface area contributed by atoms with Crippen molar-refractivity contribution in [1.82, 2.24) is 0 Å². The van der Waals surface area contributed by atoms with E-state index in [2.05, 4.69) is 0 Å². The quantitative estimate of drug-likeness (QED) is 0.544. The number of hydrogen-bond acceptors (Lipinski definition) is 3. The molecule has 0 heterocycles. The van der Waals surface area contributed by atoms with Gasteiger partial charge in [-0.2, -0.15) is 0 Å². The molecule has 0 radical (unpaired) electrons. The number of hydrogen-bond donors (Lipinski definition) is 3. The zero-order valence-electron chi connectivity index (χ0n) is 7.36. The Morgan fingerprint density at radius 1 is 1.08 bits per heavy atom. The Hall–Kier alpha value is -0.900. The van der Waals surface area contributed by atoms with Gasteiger partial charge in [-0.05, 0) is 0 Å². The number of aliphatic hydroxyl groups is 2. The molecule has 0 atom stereocenters. The first-order chi connectivity index (χ1) is 5.61. The van der Waals surface area contributed by atoms with E-state index in [9.17, 15) is 0 Å². The topological polar surface area (TPSA) is 66.5 Å². The highest BCUT2D eigenvalue weighted by molar-refractivity contribution is 5.18. The van der Waals surface area contributed by atoms with E-state index < -0.39 is 5.91 Å². The van der Waals surface area contributed by atoms with E-state index in [0.717, 1.165) is 0 Å². The van der Waals surface area contributed by atoms with Crippen LogP contribution in [-0.4, -0.2) is 10.2 Å². The zero-order valence-corrected chi connectivity index (χ0v) is 7.36. The van der Waals surface area contributed by atoms with Crippen LogP contribution in [0.3, 0.4) is 0 Å². The van der Waals surface area contributed by atoms with Crippen molar-refractivity contribution < 1.29 is 10.2 Å². The normalized spacial score (nSPS) is 10.1. The van der Waals surface area contributed by atoms with Gasteiger partial charge in [0.25, 0.3) is 0 Å². The summed E-state index contributed by atoms with van der Waals surface area (Å²) in [6.07, 6.45) is 0. The molecule has 0 fully saturated rings. The number of benzene rings is 1. The molecule has 4 N–H and O–H groups in total. The van der Waals surface area contributed by atoms with Gasteiger partial charge in [0.05, 0.1) is 0 Å². The van der Waals surface area contributed by atoms with E-state index >= 15 is 0 Å². The summed E-state index contributed by atoms with van der Waals surface area (Å²) in [5.74, 6) is -2.21. The number of rotatable bonds is 1. The van der Waals surface area contributed by atoms with Gasteiger partial charge >= 0.3 is 0 Å². The average Bonchev–Trinajstić information content (AvgIpc) is 2.08. The monoisotopic (exact) mass is 169 g/mol. The van der Waals surface area contributed by atoms with Crippen LogP contribution < -0.4 is 5.73 Å². The Balaban J connectivity index is 0.000000561. The molecule has 0 aliphatic heterocycles. The predicted molar refractivity (Wildman–Crippen MR) is 48.1 cm³/mol. The molecule has 0 bridgehead atoms. The van der Waals surface area contributed by atoms with Crippen molar-refractivity contribution in [1.29, 1.82) is 0 Å². The van der Waals surface area contributed by atoms with Crippen molar-refractivity contribution >= 4 is 0 Å². The highest BCUT2D eigenvalue weighted by Gasteiger charge is 2.17. The molecule has 0 saturated carbocycles. The van der Waals surface area contributed by atoms with E-state index in [4.69, 9.17) is 15.9 Å². The molecular weight excluding hydrogens is 154 g/mol. The largest absolute Gasteiger partial charge is 0.350 e. The summed E-state index contributed by atoms with van der Waals surface area (Å²) < 4.78 is 0. The van der Waals surface area contributed by atoms with Gasteiger partial charge in [0.2, 0.25) is 5.91 Å². The van der Waals surface area contributed by atoms with Gasteiger partial charge in [-0.15, -0.1) is 0 Å². The molecule has 0 saturated heterocycles. The van der Waals surface area contributed by atoms with Crippen molar-refractivity contribution in [2.45, 2.75) is 19.8 Å². The molecule has 1 aromatic rings. The minimum atomic E-state index is -2.21. The standard InChI is InChI=1S/C7H9NO2.C2H6/c8-7(9,10)6-4-2-1-3-5-6;1-2/h1-5,9-10H,8H2;1-2H3. The molecule has 1 aromatic carbocycles. The van der Waals surface area contributed by atoms with Gasteiger partial charge in [-0.3, -0.25) is 5.73 Å². The van der Waals surface area contributed by atoms with E-state index in [1.807, 2.05) is 13.8 Å². The van der Waals surface area contributed by atoms with Crippen molar-refractivity contribution in [3.63, 3.8) is 0 Å². The first kappa shape index (κ1) is 11.1. The molecule has 0 aromatic heterocycles. The lowest BCUT2D eigenvalue weighted by atomic mass is 10.2. The van der Waals surface area contributed by atoms with Crippen molar-refractivity contribution in [3.8, 4) is 0 Å². The van der Waals surface area contributed by atoms with Crippen molar-refractivity contribution in [2.75, 3.05) is 0 Å². The summed E-state index contributed by atoms with van der Waals surface area (Å²) in [5, 5.41) is 17.6. The second kappa shape index (κ2) is 4.87. The van der Waals surface area contributed by atoms with Crippen molar-refractivity contribution in [2.24, 2.45) is 5.73 Å². The van der Waals surface area contributed by atoms with Gasteiger partial charge in [0.1, 0.15) is 0 Å². The summed E-state index contributed by atoms with van der Waals surface area (Å²) >= 11 is 0. The Kier molecular flexibility index (Phi) is 4.51. The molecule has 12 heavy (non-hydrogen) atoms. The van der Waals surface area contributed by atoms with E-state index in [1.165, 1.54) is 0 Å². The Labute approximate surface area is 72.5 Å². The number of nitrogens with two attached hydrogens (primary N) is 1. The minimum absolute atomic E-state index is 0.287. The second-order valence-electron chi connectivity index (χ2n) is 2.09. The molecule has 0 spiro atoms. The maximum Gasteiger partial charge on any atom is 0.248 e. The lowest BCUT2D eigenvalue weighted by Crippen LogP contribution is -2.35. The third-order valence-electron chi connectivity index (χ3n) is 1.20. The third kappa shape index (κ3) is 3.48. The first-order valence-electron chi connectivity index (χ1n) is 3.90. The average molecular weight is 169 g/mol. The summed E-state index contributed by atoms with van der Waals surface area (Å²) in [6.45, 7) is 4.00. The Morgan fingerprint density at radius 2 is 1.50 bits per heavy atom. The SMILES string of the molecule is CC.NC(O)(O)c1ccccc1. The second-order valence-corrected chi connectivity index (χ2v) is 2.09. The molecule has 3 nitrogen and oxygen atoms in total. The smallest absolute Gasteiger partial charge is 0.248 e. The Morgan fingerprint density at radius 3 is 1.75 bits per heavy atom. The maximum atomic E-state index is 8.82. The summed E-state index contributed by atoms with van der Waals surface area (Å²) in [5.41, 5.74) is 5.25. The van der Waals surface area contributed by atoms with Crippen LogP contribution in [0.1, 0.15) is 19.4 Å². The summed E-state index contributed by atoms with van der Waals surface area (Å²) in [6, 6.07) is 8.22. The van der Waals surface area contributed by atoms with E-state index in [1.54, 1.807) is 30.3 Å². The lowest BCUT2D eigenvalue weighted by Gasteiger charge is -2.14. The van der Waals surface area contributed by atoms with Gasteiger partial charge in [-0.25, -0.2) is 0 Å². The molecule has 68 valence electrons. The molecule has 0 aliphatic carbocycles. The molecule has 0 amide bonds. The fraction of sp³-hybridized carbons (Fsp3) is 0.333. The highest BCUT2D eigenvalue weighted by atomic mass is 16.5. The molecule has 0 aliphatic rings. The molecule has 0 unspecified atom stereocenters. The van der Waals surface area contributed by atoms with Crippen LogP contribution in [0.25, 0.3) is 0 Å². The van der Waals surface area contributed by atoms with Gasteiger partial charge in [0.15, 0.2) is 0 Å². The molecule has 3 heteroatoms. The van der Waals surface area contributed by atoms with Crippen LogP contribution in [0.4, 0.5) is 0 Å². The molecule has 1 rings (SSSR count). The summed E-state index contributed by atoms with van der Waals surface area (Å²) in [7, 11) is 0. The van der Waals surface area contributed by atoms with E-state index in [-0.39, 0.29) is 5.56 Å². The van der Waals surface area contributed by atoms with E-state index in [0.29, 0.717) is 0 Å². The minimum Gasteiger partial charge on any atom is -0.350 e. The third-order valence-corrected chi connectivity index (χ3v) is 1.20. The zero-order chi connectivity index (χ0) is 9.61. The lowest BCUT2D eigenvalue weighted by molar-refractivity contribution is -0.163. The van der Waals surface area contributed by atoms with Crippen LogP contribution in [-0.2, 0) is 5.91 Å². The van der Waals surface area contributed by atoms with Crippen LogP contribution in [0.15, 0.2) is 30.3 Å². The van der Waals surface area contributed by atoms with Crippen LogP contribution >= 0.6 is 0 Å². The maximum absolute atomic E-state index is 8.82. The van der Waals surface area contributed by atoms with Crippen LogP contribution in [0, 0.1) is 0 Å².